The number of nitrogens with zero attached hydrogens (tertiary/aromatic N) is 2. The molecule has 2 aromatic rings. The molecular formula is C12H12ClN3. The second-order valence-electron chi connectivity index (χ2n) is 3.46. The molecule has 0 amide bonds. The topological polar surface area (TPSA) is 42.1 Å². The second kappa shape index (κ2) is 4.41. The highest BCUT2D eigenvalue weighted by Crippen LogP contribution is 2.28. The number of hydrogen-bond acceptors (Lipinski definition) is 3. The Hall–Kier alpha value is -1.74. The lowest BCUT2D eigenvalue weighted by Gasteiger charge is -2.20. The van der Waals surface area contributed by atoms with E-state index in [1.54, 1.807) is 6.20 Å². The number of halogens is 1. The summed E-state index contributed by atoms with van der Waals surface area (Å²) in [6.07, 6.45) is 1.67. The second-order valence-corrected chi connectivity index (χ2v) is 3.82. The van der Waals surface area contributed by atoms with Crippen molar-refractivity contribution in [3.8, 4) is 0 Å². The summed E-state index contributed by atoms with van der Waals surface area (Å²) >= 11 is 6.02. The standard InChI is InChI=1S/C12H12ClN3/c1-16(10-6-4-9(14)5-7-10)11-3-2-8-15-12(11)13/h2-8H,14H2,1H3. The Labute approximate surface area is 99.5 Å². The number of anilines is 3. The minimum Gasteiger partial charge on any atom is -0.399 e. The fourth-order valence-electron chi connectivity index (χ4n) is 1.46. The van der Waals surface area contributed by atoms with E-state index < -0.39 is 0 Å². The average Bonchev–Trinajstić information content (AvgIpc) is 2.30. The third-order valence-electron chi connectivity index (χ3n) is 2.38. The number of hydrogen-bond donors (Lipinski definition) is 1. The molecule has 0 spiro atoms. The van der Waals surface area contributed by atoms with Gasteiger partial charge in [-0.25, -0.2) is 4.98 Å². The van der Waals surface area contributed by atoms with Crippen molar-refractivity contribution in [2.24, 2.45) is 0 Å². The maximum Gasteiger partial charge on any atom is 0.152 e. The third kappa shape index (κ3) is 2.09. The molecule has 0 aliphatic heterocycles. The van der Waals surface area contributed by atoms with Crippen molar-refractivity contribution >= 4 is 28.7 Å². The van der Waals surface area contributed by atoms with Gasteiger partial charge in [0.15, 0.2) is 5.15 Å². The summed E-state index contributed by atoms with van der Waals surface area (Å²) in [5.41, 5.74) is 8.27. The fourth-order valence-corrected chi connectivity index (χ4v) is 1.71. The summed E-state index contributed by atoms with van der Waals surface area (Å²) in [7, 11) is 1.94. The van der Waals surface area contributed by atoms with E-state index in [1.165, 1.54) is 0 Å². The molecule has 2 N–H and O–H groups in total. The summed E-state index contributed by atoms with van der Waals surface area (Å²) in [5, 5.41) is 0.488. The Morgan fingerprint density at radius 2 is 1.88 bits per heavy atom. The molecule has 4 heteroatoms. The first-order valence-corrected chi connectivity index (χ1v) is 5.26. The Kier molecular flexibility index (Phi) is 2.97. The summed E-state index contributed by atoms with van der Waals surface area (Å²) in [5.74, 6) is 0. The van der Waals surface area contributed by atoms with Crippen molar-refractivity contribution in [2.75, 3.05) is 17.7 Å². The summed E-state index contributed by atoms with van der Waals surface area (Å²) in [4.78, 5) is 6.01. The Bertz CT molecular complexity index is 482. The Morgan fingerprint density at radius 3 is 2.50 bits per heavy atom. The van der Waals surface area contributed by atoms with Gasteiger partial charge >= 0.3 is 0 Å². The average molecular weight is 234 g/mol. The maximum atomic E-state index is 6.02. The molecule has 1 heterocycles. The largest absolute Gasteiger partial charge is 0.399 e. The first-order valence-electron chi connectivity index (χ1n) is 4.88. The summed E-state index contributed by atoms with van der Waals surface area (Å²) < 4.78 is 0. The van der Waals surface area contributed by atoms with Crippen molar-refractivity contribution in [2.45, 2.75) is 0 Å². The molecule has 0 fully saturated rings. The maximum absolute atomic E-state index is 6.02. The van der Waals surface area contributed by atoms with Gasteiger partial charge in [-0.05, 0) is 36.4 Å². The predicted octanol–water partition coefficient (Wildman–Crippen LogP) is 3.09. The first-order chi connectivity index (χ1) is 7.68. The number of aromatic nitrogens is 1. The van der Waals surface area contributed by atoms with Gasteiger partial charge in [0.25, 0.3) is 0 Å². The molecular weight excluding hydrogens is 222 g/mol. The van der Waals surface area contributed by atoms with Gasteiger partial charge in [-0.2, -0.15) is 0 Å². The van der Waals surface area contributed by atoms with Gasteiger partial charge in [0.2, 0.25) is 0 Å². The van der Waals surface area contributed by atoms with E-state index in [4.69, 9.17) is 17.3 Å². The van der Waals surface area contributed by atoms with E-state index in [2.05, 4.69) is 4.98 Å². The van der Waals surface area contributed by atoms with Gasteiger partial charge in [-0.3, -0.25) is 0 Å². The first kappa shape index (κ1) is 10.8. The van der Waals surface area contributed by atoms with Gasteiger partial charge in [0.05, 0.1) is 5.69 Å². The zero-order valence-electron chi connectivity index (χ0n) is 8.89. The van der Waals surface area contributed by atoms with E-state index in [1.807, 2.05) is 48.3 Å². The van der Waals surface area contributed by atoms with Gasteiger partial charge in [-0.1, -0.05) is 11.6 Å². The van der Waals surface area contributed by atoms with E-state index in [0.717, 1.165) is 17.1 Å². The van der Waals surface area contributed by atoms with Gasteiger partial charge in [-0.15, -0.1) is 0 Å². The van der Waals surface area contributed by atoms with Crippen LogP contribution in [-0.2, 0) is 0 Å². The number of nitrogen functional groups attached to an aromatic ring is 1. The highest BCUT2D eigenvalue weighted by molar-refractivity contribution is 6.32. The molecule has 1 aromatic carbocycles. The Morgan fingerprint density at radius 1 is 1.19 bits per heavy atom. The van der Waals surface area contributed by atoms with Gasteiger partial charge in [0, 0.05) is 24.6 Å². The van der Waals surface area contributed by atoms with Crippen molar-refractivity contribution in [3.63, 3.8) is 0 Å². The predicted molar refractivity (Wildman–Crippen MR) is 68.2 cm³/mol. The number of benzene rings is 1. The molecule has 0 saturated heterocycles. The smallest absolute Gasteiger partial charge is 0.152 e. The van der Waals surface area contributed by atoms with E-state index in [0.29, 0.717) is 5.15 Å². The fraction of sp³-hybridized carbons (Fsp3) is 0.0833. The highest BCUT2D eigenvalue weighted by atomic mass is 35.5. The molecule has 82 valence electrons. The summed E-state index contributed by atoms with van der Waals surface area (Å²) in [6, 6.07) is 11.4. The van der Waals surface area contributed by atoms with Crippen LogP contribution in [0.25, 0.3) is 0 Å². The zero-order valence-corrected chi connectivity index (χ0v) is 9.65. The molecule has 1 aromatic heterocycles. The third-order valence-corrected chi connectivity index (χ3v) is 2.67. The molecule has 2 rings (SSSR count). The molecule has 0 saturated carbocycles. The van der Waals surface area contributed by atoms with Crippen molar-refractivity contribution in [1.29, 1.82) is 0 Å². The quantitative estimate of drug-likeness (QED) is 0.640. The molecule has 0 radical (unpaired) electrons. The van der Waals surface area contributed by atoms with Crippen molar-refractivity contribution in [3.05, 3.63) is 47.7 Å². The molecule has 3 nitrogen and oxygen atoms in total. The minimum atomic E-state index is 0.488. The molecule has 0 bridgehead atoms. The summed E-state index contributed by atoms with van der Waals surface area (Å²) in [6.45, 7) is 0. The van der Waals surface area contributed by atoms with E-state index in [9.17, 15) is 0 Å². The van der Waals surface area contributed by atoms with Gasteiger partial charge < -0.3 is 10.6 Å². The minimum absolute atomic E-state index is 0.488. The van der Waals surface area contributed by atoms with Crippen LogP contribution in [0, 0.1) is 0 Å². The van der Waals surface area contributed by atoms with Crippen molar-refractivity contribution in [1.82, 2.24) is 4.98 Å². The lowest BCUT2D eigenvalue weighted by molar-refractivity contribution is 1.18. The van der Waals surface area contributed by atoms with Gasteiger partial charge in [0.1, 0.15) is 0 Å². The lowest BCUT2D eigenvalue weighted by Crippen LogP contribution is -2.10. The van der Waals surface area contributed by atoms with Crippen LogP contribution in [0.3, 0.4) is 0 Å². The highest BCUT2D eigenvalue weighted by Gasteiger charge is 2.07. The number of rotatable bonds is 2. The van der Waals surface area contributed by atoms with E-state index >= 15 is 0 Å². The van der Waals surface area contributed by atoms with Crippen LogP contribution in [0.1, 0.15) is 0 Å². The normalized spacial score (nSPS) is 10.1. The number of nitrogens with two attached hydrogens (primary N) is 1. The van der Waals surface area contributed by atoms with Crippen LogP contribution in [-0.4, -0.2) is 12.0 Å². The molecule has 0 aliphatic rings. The molecule has 0 aliphatic carbocycles. The van der Waals surface area contributed by atoms with Crippen LogP contribution in [0.2, 0.25) is 5.15 Å². The van der Waals surface area contributed by atoms with Crippen LogP contribution >= 0.6 is 11.6 Å². The SMILES string of the molecule is CN(c1ccc(N)cc1)c1cccnc1Cl. The van der Waals surface area contributed by atoms with E-state index in [-0.39, 0.29) is 0 Å². The lowest BCUT2D eigenvalue weighted by atomic mass is 10.2. The van der Waals surface area contributed by atoms with Crippen LogP contribution in [0.4, 0.5) is 17.1 Å². The van der Waals surface area contributed by atoms with Crippen molar-refractivity contribution < 1.29 is 0 Å². The molecule has 16 heavy (non-hydrogen) atoms. The molecule has 0 unspecified atom stereocenters. The van der Waals surface area contributed by atoms with Crippen LogP contribution < -0.4 is 10.6 Å². The van der Waals surface area contributed by atoms with Crippen LogP contribution in [0.5, 0.6) is 0 Å². The van der Waals surface area contributed by atoms with Crippen LogP contribution in [0.15, 0.2) is 42.6 Å². The molecule has 0 atom stereocenters. The Balaban J connectivity index is 2.35. The zero-order chi connectivity index (χ0) is 11.5. The monoisotopic (exact) mass is 233 g/mol. The number of pyridine rings is 1.